The predicted molar refractivity (Wildman–Crippen MR) is 91.3 cm³/mol. The van der Waals surface area contributed by atoms with Gasteiger partial charge in [0.15, 0.2) is 5.76 Å². The Bertz CT molecular complexity index is 923. The van der Waals surface area contributed by atoms with Gasteiger partial charge < -0.3 is 18.8 Å². The highest BCUT2D eigenvalue weighted by Crippen LogP contribution is 2.26. The molecule has 0 saturated heterocycles. The number of hydrogen-bond donors (Lipinski definition) is 2. The van der Waals surface area contributed by atoms with Crippen molar-refractivity contribution in [3.63, 3.8) is 0 Å². The number of rotatable bonds is 5. The first-order valence-corrected chi connectivity index (χ1v) is 8.11. The lowest BCUT2D eigenvalue weighted by Gasteiger charge is -2.14. The molecule has 3 rings (SSSR count). The van der Waals surface area contributed by atoms with Gasteiger partial charge in [0, 0.05) is 23.1 Å². The molecule has 2 aromatic heterocycles. The van der Waals surface area contributed by atoms with Crippen LogP contribution in [0.25, 0.3) is 11.0 Å². The van der Waals surface area contributed by atoms with E-state index in [1.165, 1.54) is 17.0 Å². The van der Waals surface area contributed by atoms with Gasteiger partial charge in [-0.1, -0.05) is 6.92 Å². The van der Waals surface area contributed by atoms with E-state index in [0.29, 0.717) is 18.5 Å². The predicted octanol–water partition coefficient (Wildman–Crippen LogP) is 2.18. The molecular formula is C19H22NO4+. The van der Waals surface area contributed by atoms with Crippen LogP contribution in [0.2, 0.25) is 0 Å². The lowest BCUT2D eigenvalue weighted by Crippen LogP contribution is -3.06. The van der Waals surface area contributed by atoms with Gasteiger partial charge in [-0.2, -0.15) is 0 Å². The van der Waals surface area contributed by atoms with Crippen molar-refractivity contribution < 1.29 is 18.8 Å². The molecular weight excluding hydrogens is 306 g/mol. The van der Waals surface area contributed by atoms with Crippen LogP contribution >= 0.6 is 0 Å². The maximum absolute atomic E-state index is 11.8. The van der Waals surface area contributed by atoms with E-state index < -0.39 is 5.63 Å². The number of phenols is 1. The summed E-state index contributed by atoms with van der Waals surface area (Å²) < 4.78 is 10.9. The summed E-state index contributed by atoms with van der Waals surface area (Å²) in [6.45, 7) is 5.30. The Morgan fingerprint density at radius 1 is 1.08 bits per heavy atom. The molecule has 5 heteroatoms. The summed E-state index contributed by atoms with van der Waals surface area (Å²) in [4.78, 5) is 13.0. The van der Waals surface area contributed by atoms with Crippen LogP contribution in [-0.4, -0.2) is 12.2 Å². The molecule has 0 amide bonds. The fraction of sp³-hybridized carbons (Fsp3) is 0.316. The molecule has 0 aliphatic rings. The fourth-order valence-corrected chi connectivity index (χ4v) is 3.00. The Morgan fingerprint density at radius 2 is 1.88 bits per heavy atom. The van der Waals surface area contributed by atoms with Gasteiger partial charge >= 0.3 is 5.63 Å². The maximum Gasteiger partial charge on any atom is 0.336 e. The molecule has 2 heterocycles. The maximum atomic E-state index is 11.8. The van der Waals surface area contributed by atoms with Crippen molar-refractivity contribution in [3.8, 4) is 5.75 Å². The van der Waals surface area contributed by atoms with Crippen LogP contribution in [-0.2, 0) is 19.5 Å². The van der Waals surface area contributed by atoms with Gasteiger partial charge in [-0.25, -0.2) is 4.79 Å². The molecule has 0 radical (unpaired) electrons. The standard InChI is InChI=1S/C19H21NO4/c1-4-13-7-16-14(8-19(22)24-18(16)9-17(13)21)10-20(3)11-15-6-5-12(2)23-15/h5-9,21H,4,10-11H2,1-3H3/p+1. The number of quaternary nitrogens is 1. The molecule has 0 aliphatic carbocycles. The van der Waals surface area contributed by atoms with E-state index in [9.17, 15) is 9.90 Å². The molecule has 2 N–H and O–H groups in total. The number of furan rings is 1. The highest BCUT2D eigenvalue weighted by molar-refractivity contribution is 5.82. The van der Waals surface area contributed by atoms with Gasteiger partial charge in [-0.15, -0.1) is 0 Å². The minimum absolute atomic E-state index is 0.164. The van der Waals surface area contributed by atoms with E-state index in [-0.39, 0.29) is 5.75 Å². The summed E-state index contributed by atoms with van der Waals surface area (Å²) >= 11 is 0. The van der Waals surface area contributed by atoms with Gasteiger partial charge in [0.2, 0.25) is 0 Å². The molecule has 0 saturated carbocycles. The normalized spacial score (nSPS) is 12.6. The van der Waals surface area contributed by atoms with E-state index in [0.717, 1.165) is 34.6 Å². The van der Waals surface area contributed by atoms with Gasteiger partial charge in [0.25, 0.3) is 0 Å². The van der Waals surface area contributed by atoms with Crippen LogP contribution in [0.4, 0.5) is 0 Å². The average molecular weight is 328 g/mol. The first-order chi connectivity index (χ1) is 11.5. The third-order valence-electron chi connectivity index (χ3n) is 4.17. The molecule has 0 aliphatic heterocycles. The van der Waals surface area contributed by atoms with E-state index in [2.05, 4.69) is 7.05 Å². The highest BCUT2D eigenvalue weighted by Gasteiger charge is 2.14. The highest BCUT2D eigenvalue weighted by atomic mass is 16.4. The first-order valence-electron chi connectivity index (χ1n) is 8.11. The minimum Gasteiger partial charge on any atom is -0.508 e. The van der Waals surface area contributed by atoms with Crippen molar-refractivity contribution in [1.82, 2.24) is 0 Å². The lowest BCUT2D eigenvalue weighted by atomic mass is 10.0. The van der Waals surface area contributed by atoms with Crippen molar-refractivity contribution in [2.75, 3.05) is 7.05 Å². The lowest BCUT2D eigenvalue weighted by molar-refractivity contribution is -0.908. The quantitative estimate of drug-likeness (QED) is 0.705. The van der Waals surface area contributed by atoms with Gasteiger partial charge in [-0.3, -0.25) is 0 Å². The molecule has 1 atom stereocenters. The zero-order valence-corrected chi connectivity index (χ0v) is 14.2. The van der Waals surface area contributed by atoms with Crippen molar-refractivity contribution in [2.45, 2.75) is 33.4 Å². The first kappa shape index (κ1) is 16.3. The van der Waals surface area contributed by atoms with Crippen LogP contribution in [0.5, 0.6) is 5.75 Å². The van der Waals surface area contributed by atoms with E-state index in [1.807, 2.05) is 32.0 Å². The number of fused-ring (bicyclic) bond motifs is 1. The Labute approximate surface area is 140 Å². The molecule has 0 bridgehead atoms. The summed E-state index contributed by atoms with van der Waals surface area (Å²) in [7, 11) is 2.06. The number of phenolic OH excluding ortho intramolecular Hbond substituents is 1. The van der Waals surface area contributed by atoms with Crippen LogP contribution in [0.15, 0.2) is 44.0 Å². The second-order valence-corrected chi connectivity index (χ2v) is 6.24. The third kappa shape index (κ3) is 3.36. The zero-order chi connectivity index (χ0) is 17.3. The number of aryl methyl sites for hydroxylation is 2. The smallest absolute Gasteiger partial charge is 0.336 e. The van der Waals surface area contributed by atoms with Crippen molar-refractivity contribution in [1.29, 1.82) is 0 Å². The molecule has 0 fully saturated rings. The van der Waals surface area contributed by atoms with E-state index >= 15 is 0 Å². The third-order valence-corrected chi connectivity index (χ3v) is 4.17. The van der Waals surface area contributed by atoms with Crippen LogP contribution in [0.1, 0.15) is 29.6 Å². The van der Waals surface area contributed by atoms with Crippen molar-refractivity contribution >= 4 is 11.0 Å². The fourth-order valence-electron chi connectivity index (χ4n) is 3.00. The van der Waals surface area contributed by atoms with E-state index in [1.54, 1.807) is 0 Å². The largest absolute Gasteiger partial charge is 0.508 e. The number of aromatic hydroxyl groups is 1. The van der Waals surface area contributed by atoms with Gasteiger partial charge in [0.1, 0.15) is 30.2 Å². The minimum atomic E-state index is -0.400. The molecule has 126 valence electrons. The number of nitrogens with one attached hydrogen (secondary N) is 1. The van der Waals surface area contributed by atoms with E-state index in [4.69, 9.17) is 8.83 Å². The molecule has 5 nitrogen and oxygen atoms in total. The molecule has 0 spiro atoms. The molecule has 24 heavy (non-hydrogen) atoms. The zero-order valence-electron chi connectivity index (χ0n) is 14.2. The Hall–Kier alpha value is -2.53. The summed E-state index contributed by atoms with van der Waals surface area (Å²) in [5, 5.41) is 10.9. The van der Waals surface area contributed by atoms with Gasteiger partial charge in [-0.05, 0) is 37.1 Å². The SMILES string of the molecule is CCc1cc2c(C[NH+](C)Cc3ccc(C)o3)cc(=O)oc2cc1O. The number of hydrogen-bond acceptors (Lipinski definition) is 4. The summed E-state index contributed by atoms with van der Waals surface area (Å²) in [5.41, 5.74) is 1.78. The monoisotopic (exact) mass is 328 g/mol. The average Bonchev–Trinajstić information content (AvgIpc) is 2.91. The topological polar surface area (TPSA) is 68.0 Å². The molecule has 3 aromatic rings. The number of benzene rings is 1. The molecule has 1 aromatic carbocycles. The van der Waals surface area contributed by atoms with Crippen LogP contribution in [0.3, 0.4) is 0 Å². The Balaban J connectivity index is 1.94. The van der Waals surface area contributed by atoms with Crippen LogP contribution < -0.4 is 10.5 Å². The summed E-state index contributed by atoms with van der Waals surface area (Å²) in [6, 6.07) is 8.90. The second-order valence-electron chi connectivity index (χ2n) is 6.24. The summed E-state index contributed by atoms with van der Waals surface area (Å²) in [6.07, 6.45) is 0.717. The Kier molecular flexibility index (Phi) is 4.44. The molecule has 1 unspecified atom stereocenters. The van der Waals surface area contributed by atoms with Crippen LogP contribution in [0, 0.1) is 6.92 Å². The van der Waals surface area contributed by atoms with Crippen molar-refractivity contribution in [2.24, 2.45) is 0 Å². The second kappa shape index (κ2) is 6.53. The van der Waals surface area contributed by atoms with Crippen molar-refractivity contribution in [3.05, 3.63) is 63.4 Å². The Morgan fingerprint density at radius 3 is 2.54 bits per heavy atom. The summed E-state index contributed by atoms with van der Waals surface area (Å²) in [5.74, 6) is 1.98. The van der Waals surface area contributed by atoms with Gasteiger partial charge in [0.05, 0.1) is 7.05 Å².